The molecule has 1 aliphatic carbocycles. The van der Waals surface area contributed by atoms with Gasteiger partial charge in [0.15, 0.2) is 0 Å². The van der Waals surface area contributed by atoms with Crippen LogP contribution in [0.4, 0.5) is 0 Å². The number of thioether (sulfide) groups is 1. The fourth-order valence-corrected chi connectivity index (χ4v) is 1.67. The Hall–Kier alpha value is -0.750. The van der Waals surface area contributed by atoms with Gasteiger partial charge in [-0.25, -0.2) is 0 Å². The molecule has 2 amide bonds. The maximum absolute atomic E-state index is 11.4. The molecular weight excluding hydrogens is 226 g/mol. The van der Waals surface area contributed by atoms with Crippen molar-refractivity contribution in [2.75, 3.05) is 18.6 Å². The lowest BCUT2D eigenvalue weighted by Gasteiger charge is -2.11. The summed E-state index contributed by atoms with van der Waals surface area (Å²) in [7, 11) is 0. The summed E-state index contributed by atoms with van der Waals surface area (Å²) in [4.78, 5) is 22.7. The predicted molar refractivity (Wildman–Crippen MR) is 65.1 cm³/mol. The smallest absolute Gasteiger partial charge is 0.239 e. The molecule has 0 aromatic heterocycles. The molecule has 0 heterocycles. The van der Waals surface area contributed by atoms with Gasteiger partial charge in [-0.15, -0.1) is 0 Å². The lowest BCUT2D eigenvalue weighted by atomic mass is 10.2. The SMILES string of the molecule is CSCC[C@@H](N)C(=O)NCC(=O)NC1CC1. The van der Waals surface area contributed by atoms with Crippen LogP contribution in [0.15, 0.2) is 0 Å². The summed E-state index contributed by atoms with van der Waals surface area (Å²) in [6.07, 6.45) is 4.70. The van der Waals surface area contributed by atoms with Gasteiger partial charge >= 0.3 is 0 Å². The Morgan fingerprint density at radius 3 is 2.75 bits per heavy atom. The van der Waals surface area contributed by atoms with Crippen molar-refractivity contribution in [3.63, 3.8) is 0 Å². The lowest BCUT2D eigenvalue weighted by molar-refractivity contribution is -0.126. The molecule has 1 atom stereocenters. The zero-order chi connectivity index (χ0) is 12.0. The van der Waals surface area contributed by atoms with Crippen LogP contribution in [0.25, 0.3) is 0 Å². The van der Waals surface area contributed by atoms with Crippen LogP contribution in [-0.4, -0.2) is 42.5 Å². The van der Waals surface area contributed by atoms with Gasteiger partial charge < -0.3 is 16.4 Å². The molecule has 4 N–H and O–H groups in total. The minimum Gasteiger partial charge on any atom is -0.352 e. The van der Waals surface area contributed by atoms with E-state index in [0.717, 1.165) is 18.6 Å². The molecule has 0 aliphatic heterocycles. The van der Waals surface area contributed by atoms with E-state index in [1.54, 1.807) is 11.8 Å². The number of hydrogen-bond donors (Lipinski definition) is 3. The van der Waals surface area contributed by atoms with E-state index in [-0.39, 0.29) is 18.4 Å². The second-order valence-electron chi connectivity index (χ2n) is 3.95. The standard InChI is InChI=1S/C10H19N3O2S/c1-16-5-4-8(11)10(15)12-6-9(14)13-7-2-3-7/h7-8H,2-6,11H2,1H3,(H,12,15)(H,13,14)/t8-/m1/s1. The van der Waals surface area contributed by atoms with Gasteiger partial charge in [-0.2, -0.15) is 11.8 Å². The predicted octanol–water partition coefficient (Wildman–Crippen LogP) is -0.538. The normalized spacial score (nSPS) is 16.6. The van der Waals surface area contributed by atoms with Gasteiger partial charge in [0.25, 0.3) is 0 Å². The van der Waals surface area contributed by atoms with Crippen molar-refractivity contribution in [1.29, 1.82) is 0 Å². The highest BCUT2D eigenvalue weighted by Gasteiger charge is 2.23. The summed E-state index contributed by atoms with van der Waals surface area (Å²) in [6.45, 7) is 0.0301. The van der Waals surface area contributed by atoms with Crippen LogP contribution in [0.3, 0.4) is 0 Å². The number of nitrogens with one attached hydrogen (secondary N) is 2. The first-order valence-corrected chi connectivity index (χ1v) is 6.84. The Bertz CT molecular complexity index is 256. The third-order valence-electron chi connectivity index (χ3n) is 2.34. The molecule has 0 aromatic rings. The van der Waals surface area contributed by atoms with Crippen molar-refractivity contribution in [2.45, 2.75) is 31.3 Å². The van der Waals surface area contributed by atoms with Crippen LogP contribution in [0.5, 0.6) is 0 Å². The van der Waals surface area contributed by atoms with Crippen molar-refractivity contribution < 1.29 is 9.59 Å². The molecule has 92 valence electrons. The van der Waals surface area contributed by atoms with Crippen LogP contribution in [-0.2, 0) is 9.59 Å². The third kappa shape index (κ3) is 5.37. The minimum absolute atomic E-state index is 0.0301. The van der Waals surface area contributed by atoms with E-state index >= 15 is 0 Å². The third-order valence-corrected chi connectivity index (χ3v) is 2.98. The van der Waals surface area contributed by atoms with Crippen molar-refractivity contribution in [3.8, 4) is 0 Å². The topological polar surface area (TPSA) is 84.2 Å². The number of nitrogens with two attached hydrogens (primary N) is 1. The maximum Gasteiger partial charge on any atom is 0.239 e. The zero-order valence-electron chi connectivity index (χ0n) is 9.49. The fourth-order valence-electron chi connectivity index (χ4n) is 1.18. The van der Waals surface area contributed by atoms with E-state index < -0.39 is 6.04 Å². The first-order chi connectivity index (χ1) is 7.63. The molecule has 0 radical (unpaired) electrons. The van der Waals surface area contributed by atoms with Crippen LogP contribution in [0.1, 0.15) is 19.3 Å². The molecular formula is C10H19N3O2S. The first-order valence-electron chi connectivity index (χ1n) is 5.45. The quantitative estimate of drug-likeness (QED) is 0.562. The average molecular weight is 245 g/mol. The largest absolute Gasteiger partial charge is 0.352 e. The van der Waals surface area contributed by atoms with E-state index in [9.17, 15) is 9.59 Å². The van der Waals surface area contributed by atoms with Crippen LogP contribution in [0.2, 0.25) is 0 Å². The van der Waals surface area contributed by atoms with Gasteiger partial charge in [-0.3, -0.25) is 9.59 Å². The van der Waals surface area contributed by atoms with Crippen molar-refractivity contribution >= 4 is 23.6 Å². The molecule has 6 heteroatoms. The Labute approximate surface area is 99.9 Å². The van der Waals surface area contributed by atoms with Gasteiger partial charge in [0, 0.05) is 6.04 Å². The second kappa shape index (κ2) is 6.75. The second-order valence-corrected chi connectivity index (χ2v) is 4.93. The minimum atomic E-state index is -0.513. The molecule has 0 unspecified atom stereocenters. The number of hydrogen-bond acceptors (Lipinski definition) is 4. The Morgan fingerprint density at radius 1 is 1.50 bits per heavy atom. The maximum atomic E-state index is 11.4. The first kappa shape index (κ1) is 13.3. The molecule has 1 saturated carbocycles. The lowest BCUT2D eigenvalue weighted by Crippen LogP contribution is -2.45. The molecule has 5 nitrogen and oxygen atoms in total. The highest BCUT2D eigenvalue weighted by atomic mass is 32.2. The molecule has 1 rings (SSSR count). The van der Waals surface area contributed by atoms with Crippen LogP contribution < -0.4 is 16.4 Å². The van der Waals surface area contributed by atoms with Gasteiger partial charge in [-0.05, 0) is 31.3 Å². The van der Waals surface area contributed by atoms with E-state index in [4.69, 9.17) is 5.73 Å². The Balaban J connectivity index is 2.09. The highest BCUT2D eigenvalue weighted by Crippen LogP contribution is 2.18. The number of rotatable bonds is 7. The van der Waals surface area contributed by atoms with E-state index in [1.807, 2.05) is 6.26 Å². The zero-order valence-corrected chi connectivity index (χ0v) is 10.3. The van der Waals surface area contributed by atoms with Gasteiger partial charge in [0.2, 0.25) is 11.8 Å². The van der Waals surface area contributed by atoms with Gasteiger partial charge in [-0.1, -0.05) is 0 Å². The summed E-state index contributed by atoms with van der Waals surface area (Å²) in [5.74, 6) is 0.468. The molecule has 0 bridgehead atoms. The molecule has 1 aliphatic rings. The molecule has 16 heavy (non-hydrogen) atoms. The molecule has 1 fully saturated rings. The number of carbonyl (C=O) groups is 2. The van der Waals surface area contributed by atoms with Crippen LogP contribution in [0, 0.1) is 0 Å². The summed E-state index contributed by atoms with van der Waals surface area (Å²) in [6, 6.07) is -0.184. The van der Waals surface area contributed by atoms with Crippen molar-refractivity contribution in [2.24, 2.45) is 5.73 Å². The van der Waals surface area contributed by atoms with Gasteiger partial charge in [0.1, 0.15) is 0 Å². The molecule has 0 aromatic carbocycles. The van der Waals surface area contributed by atoms with E-state index in [1.165, 1.54) is 0 Å². The van der Waals surface area contributed by atoms with E-state index in [0.29, 0.717) is 12.5 Å². The number of amides is 2. The summed E-state index contributed by atoms with van der Waals surface area (Å²) in [5.41, 5.74) is 5.65. The summed E-state index contributed by atoms with van der Waals surface area (Å²) >= 11 is 1.65. The summed E-state index contributed by atoms with van der Waals surface area (Å²) in [5, 5.41) is 5.33. The molecule has 0 spiro atoms. The monoisotopic (exact) mass is 245 g/mol. The van der Waals surface area contributed by atoms with E-state index in [2.05, 4.69) is 10.6 Å². The van der Waals surface area contributed by atoms with Crippen LogP contribution >= 0.6 is 11.8 Å². The Morgan fingerprint density at radius 2 is 2.19 bits per heavy atom. The van der Waals surface area contributed by atoms with Crippen molar-refractivity contribution in [3.05, 3.63) is 0 Å². The average Bonchev–Trinajstić information content (AvgIpc) is 3.06. The fraction of sp³-hybridized carbons (Fsp3) is 0.800. The number of carbonyl (C=O) groups excluding carboxylic acids is 2. The Kier molecular flexibility index (Phi) is 5.62. The highest BCUT2D eigenvalue weighted by molar-refractivity contribution is 7.98. The van der Waals surface area contributed by atoms with Crippen molar-refractivity contribution in [1.82, 2.24) is 10.6 Å². The molecule has 0 saturated heterocycles. The summed E-state index contributed by atoms with van der Waals surface area (Å²) < 4.78 is 0. The van der Waals surface area contributed by atoms with Gasteiger partial charge in [0.05, 0.1) is 12.6 Å².